The molecule has 0 aliphatic rings. The molecule has 0 unspecified atom stereocenters. The van der Waals surface area contributed by atoms with Gasteiger partial charge in [-0.15, -0.1) is 10.2 Å². The fraction of sp³-hybridized carbons (Fsp3) is 0.400. The number of amides is 1. The number of benzene rings is 1. The van der Waals surface area contributed by atoms with Gasteiger partial charge < -0.3 is 19.7 Å². The Kier molecular flexibility index (Phi) is 6.52. The standard InChI is InChI=1S/C15H19ClN4O3/c1-23-9-8-20-10-18-19-13(20)6-7-17-15(22)14(21)11-4-2-3-5-12(11)16/h2-5,10,14,21H,6-9H2,1H3,(H,17,22)/t14-/m0/s1. The second-order valence-electron chi connectivity index (χ2n) is 4.90. The van der Waals surface area contributed by atoms with Gasteiger partial charge in [-0.1, -0.05) is 29.8 Å². The number of aliphatic hydroxyl groups excluding tert-OH is 1. The molecule has 2 N–H and O–H groups in total. The lowest BCUT2D eigenvalue weighted by Crippen LogP contribution is -2.31. The highest BCUT2D eigenvalue weighted by Crippen LogP contribution is 2.22. The first-order valence-electron chi connectivity index (χ1n) is 7.19. The molecule has 0 aliphatic heterocycles. The topological polar surface area (TPSA) is 89.3 Å². The van der Waals surface area contributed by atoms with Gasteiger partial charge >= 0.3 is 0 Å². The lowest BCUT2D eigenvalue weighted by Gasteiger charge is -2.13. The molecule has 1 atom stereocenters. The lowest BCUT2D eigenvalue weighted by molar-refractivity contribution is -0.129. The van der Waals surface area contributed by atoms with Gasteiger partial charge in [-0.25, -0.2) is 0 Å². The van der Waals surface area contributed by atoms with Crippen LogP contribution in [0, 0.1) is 0 Å². The highest BCUT2D eigenvalue weighted by Gasteiger charge is 2.19. The van der Waals surface area contributed by atoms with Gasteiger partial charge in [-0.05, 0) is 6.07 Å². The number of rotatable bonds is 8. The van der Waals surface area contributed by atoms with E-state index in [1.54, 1.807) is 37.7 Å². The molecule has 0 spiro atoms. The maximum Gasteiger partial charge on any atom is 0.253 e. The third kappa shape index (κ3) is 4.75. The summed E-state index contributed by atoms with van der Waals surface area (Å²) in [6.07, 6.45) is 0.828. The van der Waals surface area contributed by atoms with Gasteiger partial charge in [0.05, 0.1) is 6.61 Å². The average Bonchev–Trinajstić information content (AvgIpc) is 3.00. The van der Waals surface area contributed by atoms with E-state index in [1.807, 2.05) is 4.57 Å². The van der Waals surface area contributed by atoms with Crippen molar-refractivity contribution in [2.24, 2.45) is 0 Å². The molecule has 0 radical (unpaired) electrons. The van der Waals surface area contributed by atoms with Gasteiger partial charge in [-0.2, -0.15) is 0 Å². The van der Waals surface area contributed by atoms with E-state index in [-0.39, 0.29) is 0 Å². The maximum absolute atomic E-state index is 12.0. The summed E-state index contributed by atoms with van der Waals surface area (Å²) in [5, 5.41) is 20.9. The van der Waals surface area contributed by atoms with Crippen molar-refractivity contribution in [1.29, 1.82) is 0 Å². The van der Waals surface area contributed by atoms with Crippen LogP contribution in [-0.4, -0.2) is 46.0 Å². The summed E-state index contributed by atoms with van der Waals surface area (Å²) in [5.74, 6) is 0.246. The molecule has 7 nitrogen and oxygen atoms in total. The summed E-state index contributed by atoms with van der Waals surface area (Å²) >= 11 is 5.97. The number of aromatic nitrogens is 3. The van der Waals surface area contributed by atoms with Crippen molar-refractivity contribution >= 4 is 17.5 Å². The van der Waals surface area contributed by atoms with Crippen molar-refractivity contribution < 1.29 is 14.6 Å². The van der Waals surface area contributed by atoms with Crippen LogP contribution >= 0.6 is 11.6 Å². The van der Waals surface area contributed by atoms with Crippen LogP contribution in [0.2, 0.25) is 5.02 Å². The number of hydrogen-bond donors (Lipinski definition) is 2. The monoisotopic (exact) mass is 338 g/mol. The Balaban J connectivity index is 1.85. The Bertz CT molecular complexity index is 647. The Labute approximate surface area is 139 Å². The molecule has 0 aliphatic carbocycles. The van der Waals surface area contributed by atoms with Gasteiger partial charge in [0.2, 0.25) is 0 Å². The second-order valence-corrected chi connectivity index (χ2v) is 5.31. The molecule has 1 aromatic carbocycles. The quantitative estimate of drug-likeness (QED) is 0.748. The fourth-order valence-electron chi connectivity index (χ4n) is 2.08. The number of carbonyl (C=O) groups is 1. The zero-order chi connectivity index (χ0) is 16.7. The molecule has 1 heterocycles. The zero-order valence-electron chi connectivity index (χ0n) is 12.8. The molecule has 2 aromatic rings. The molecule has 0 saturated carbocycles. The summed E-state index contributed by atoms with van der Waals surface area (Å²) in [7, 11) is 1.63. The number of hydrogen-bond acceptors (Lipinski definition) is 5. The van der Waals surface area contributed by atoms with E-state index in [2.05, 4.69) is 15.5 Å². The van der Waals surface area contributed by atoms with Crippen molar-refractivity contribution in [2.75, 3.05) is 20.3 Å². The summed E-state index contributed by atoms with van der Waals surface area (Å²) in [5.41, 5.74) is 0.384. The largest absolute Gasteiger partial charge is 0.383 e. The minimum absolute atomic E-state index is 0.339. The van der Waals surface area contributed by atoms with Crippen LogP contribution in [0.4, 0.5) is 0 Å². The minimum Gasteiger partial charge on any atom is -0.383 e. The summed E-state index contributed by atoms with van der Waals surface area (Å²) in [4.78, 5) is 12.0. The van der Waals surface area contributed by atoms with E-state index in [0.29, 0.717) is 36.7 Å². The van der Waals surface area contributed by atoms with Crippen LogP contribution in [0.5, 0.6) is 0 Å². The number of methoxy groups -OCH3 is 1. The number of nitrogens with zero attached hydrogens (tertiary/aromatic N) is 3. The van der Waals surface area contributed by atoms with Crippen molar-refractivity contribution in [1.82, 2.24) is 20.1 Å². The molecule has 8 heteroatoms. The van der Waals surface area contributed by atoms with Crippen molar-refractivity contribution in [3.63, 3.8) is 0 Å². The fourth-order valence-corrected chi connectivity index (χ4v) is 2.32. The van der Waals surface area contributed by atoms with Gasteiger partial charge in [-0.3, -0.25) is 4.79 Å². The Morgan fingerprint density at radius 2 is 2.26 bits per heavy atom. The lowest BCUT2D eigenvalue weighted by atomic mass is 10.1. The molecule has 0 fully saturated rings. The smallest absolute Gasteiger partial charge is 0.253 e. The number of carbonyl (C=O) groups excluding carboxylic acids is 1. The maximum atomic E-state index is 12.0. The Hall–Kier alpha value is -1.96. The van der Waals surface area contributed by atoms with Crippen molar-refractivity contribution in [3.8, 4) is 0 Å². The Morgan fingerprint density at radius 1 is 1.48 bits per heavy atom. The third-order valence-corrected chi connectivity index (χ3v) is 3.67. The first-order valence-corrected chi connectivity index (χ1v) is 7.57. The van der Waals surface area contributed by atoms with E-state index < -0.39 is 12.0 Å². The minimum atomic E-state index is -1.30. The predicted molar refractivity (Wildman–Crippen MR) is 85.0 cm³/mol. The summed E-state index contributed by atoms with van der Waals surface area (Å²) in [6, 6.07) is 6.71. The molecule has 0 saturated heterocycles. The number of aliphatic hydroxyl groups is 1. The van der Waals surface area contributed by atoms with Crippen LogP contribution in [0.1, 0.15) is 17.5 Å². The van der Waals surface area contributed by atoms with Crippen LogP contribution in [0.15, 0.2) is 30.6 Å². The molecule has 124 valence electrons. The highest BCUT2D eigenvalue weighted by atomic mass is 35.5. The van der Waals surface area contributed by atoms with E-state index in [9.17, 15) is 9.90 Å². The molecule has 23 heavy (non-hydrogen) atoms. The highest BCUT2D eigenvalue weighted by molar-refractivity contribution is 6.31. The summed E-state index contributed by atoms with van der Waals surface area (Å²) in [6.45, 7) is 1.55. The van der Waals surface area contributed by atoms with Gasteiger partial charge in [0.15, 0.2) is 6.10 Å². The number of halogens is 1. The van der Waals surface area contributed by atoms with Gasteiger partial charge in [0, 0.05) is 37.2 Å². The second kappa shape index (κ2) is 8.61. The predicted octanol–water partition coefficient (Wildman–Crippen LogP) is 0.970. The average molecular weight is 339 g/mol. The van der Waals surface area contributed by atoms with E-state index in [4.69, 9.17) is 16.3 Å². The van der Waals surface area contributed by atoms with Crippen LogP contribution < -0.4 is 5.32 Å². The van der Waals surface area contributed by atoms with Crippen molar-refractivity contribution in [2.45, 2.75) is 19.1 Å². The number of ether oxygens (including phenoxy) is 1. The van der Waals surface area contributed by atoms with E-state index in [1.165, 1.54) is 0 Å². The van der Waals surface area contributed by atoms with E-state index in [0.717, 1.165) is 5.82 Å². The van der Waals surface area contributed by atoms with Gasteiger partial charge in [0.25, 0.3) is 5.91 Å². The third-order valence-electron chi connectivity index (χ3n) is 3.33. The molecule has 2 rings (SSSR count). The molecular weight excluding hydrogens is 320 g/mol. The first-order chi connectivity index (χ1) is 11.1. The summed E-state index contributed by atoms with van der Waals surface area (Å²) < 4.78 is 6.87. The first kappa shape index (κ1) is 17.4. The molecule has 1 amide bonds. The van der Waals surface area contributed by atoms with Crippen molar-refractivity contribution in [3.05, 3.63) is 47.0 Å². The molecule has 1 aromatic heterocycles. The normalized spacial score (nSPS) is 12.1. The van der Waals surface area contributed by atoms with Crippen LogP contribution in [0.3, 0.4) is 0 Å². The van der Waals surface area contributed by atoms with Gasteiger partial charge in [0.1, 0.15) is 12.2 Å². The number of nitrogens with one attached hydrogen (secondary N) is 1. The van der Waals surface area contributed by atoms with Crippen LogP contribution in [-0.2, 0) is 22.5 Å². The van der Waals surface area contributed by atoms with Crippen LogP contribution in [0.25, 0.3) is 0 Å². The SMILES string of the molecule is COCCn1cnnc1CCNC(=O)[C@@H](O)c1ccccc1Cl. The molecule has 0 bridgehead atoms. The Morgan fingerprint density at radius 3 is 3.00 bits per heavy atom. The van der Waals surface area contributed by atoms with E-state index >= 15 is 0 Å². The zero-order valence-corrected chi connectivity index (χ0v) is 13.5. The molecular formula is C15H19ClN4O3.